The Morgan fingerprint density at radius 1 is 1.36 bits per heavy atom. The predicted octanol–water partition coefficient (Wildman–Crippen LogP) is 0.0135. The summed E-state index contributed by atoms with van der Waals surface area (Å²) in [5, 5.41) is 8.64. The number of aromatic nitrogens is 5. The van der Waals surface area contributed by atoms with Crippen molar-refractivity contribution in [3.63, 3.8) is 0 Å². The zero-order valence-corrected chi connectivity index (χ0v) is 12.6. The van der Waals surface area contributed by atoms with Crippen LogP contribution in [0, 0.1) is 0 Å². The lowest BCUT2D eigenvalue weighted by molar-refractivity contribution is -0.117. The predicted molar refractivity (Wildman–Crippen MR) is 80.2 cm³/mol. The molecule has 0 bridgehead atoms. The van der Waals surface area contributed by atoms with Gasteiger partial charge in [-0.3, -0.25) is 9.48 Å². The average Bonchev–Trinajstić information content (AvgIpc) is 3.05. The first kappa shape index (κ1) is 14.7. The lowest BCUT2D eigenvalue weighted by Crippen LogP contribution is -2.27. The quantitative estimate of drug-likeness (QED) is 0.825. The molecule has 4 N–H and O–H groups in total. The number of nitrogens with two attached hydrogens (primary N) is 2. The molecule has 1 fully saturated rings. The second-order valence-corrected chi connectivity index (χ2v) is 5.87. The number of rotatable bonds is 4. The van der Waals surface area contributed by atoms with E-state index < -0.39 is 5.91 Å². The van der Waals surface area contributed by atoms with Crippen LogP contribution in [0.2, 0.25) is 0 Å². The van der Waals surface area contributed by atoms with Gasteiger partial charge in [-0.25, -0.2) is 4.98 Å². The summed E-state index contributed by atoms with van der Waals surface area (Å²) in [4.78, 5) is 15.7. The Hall–Kier alpha value is -2.22. The third kappa shape index (κ3) is 2.87. The van der Waals surface area contributed by atoms with E-state index in [9.17, 15) is 4.79 Å². The summed E-state index contributed by atoms with van der Waals surface area (Å²) in [5.74, 6) is 2.02. The molecule has 2 aromatic rings. The lowest BCUT2D eigenvalue weighted by Gasteiger charge is -2.25. The third-order valence-electron chi connectivity index (χ3n) is 4.16. The number of hydrogen-bond donors (Lipinski definition) is 2. The van der Waals surface area contributed by atoms with Gasteiger partial charge in [0.05, 0.1) is 12.6 Å². The van der Waals surface area contributed by atoms with Crippen LogP contribution in [0.4, 0.5) is 0 Å². The van der Waals surface area contributed by atoms with Crippen LogP contribution in [-0.2, 0) is 18.3 Å². The molecule has 0 saturated heterocycles. The molecule has 3 rings (SSSR count). The van der Waals surface area contributed by atoms with Crippen LogP contribution >= 0.6 is 0 Å². The van der Waals surface area contributed by atoms with Crippen LogP contribution in [0.3, 0.4) is 0 Å². The smallest absolute Gasteiger partial charge is 0.225 e. The maximum Gasteiger partial charge on any atom is 0.225 e. The van der Waals surface area contributed by atoms with Crippen molar-refractivity contribution in [3.05, 3.63) is 23.9 Å². The molecule has 1 aliphatic rings. The van der Waals surface area contributed by atoms with E-state index in [0.717, 1.165) is 37.3 Å². The number of carbonyl (C=O) groups excluding carboxylic acids is 1. The topological polar surface area (TPSA) is 118 Å². The minimum Gasteiger partial charge on any atom is -0.369 e. The summed E-state index contributed by atoms with van der Waals surface area (Å²) in [6.45, 7) is 0. The molecule has 8 heteroatoms. The Morgan fingerprint density at radius 2 is 2.09 bits per heavy atom. The molecule has 0 atom stereocenters. The highest BCUT2D eigenvalue weighted by Gasteiger charge is 2.26. The summed E-state index contributed by atoms with van der Waals surface area (Å²) in [5.41, 5.74) is 11.3. The summed E-state index contributed by atoms with van der Waals surface area (Å²) in [6, 6.07) is 2.15. The molecule has 118 valence electrons. The van der Waals surface area contributed by atoms with Crippen LogP contribution in [0.5, 0.6) is 0 Å². The number of carbonyl (C=O) groups is 1. The third-order valence-corrected chi connectivity index (χ3v) is 4.16. The van der Waals surface area contributed by atoms with E-state index in [4.69, 9.17) is 11.5 Å². The van der Waals surface area contributed by atoms with Gasteiger partial charge >= 0.3 is 0 Å². The Labute approximate surface area is 128 Å². The lowest BCUT2D eigenvalue weighted by atomic mass is 9.86. The van der Waals surface area contributed by atoms with Gasteiger partial charge in [-0.2, -0.15) is 9.78 Å². The van der Waals surface area contributed by atoms with Crippen molar-refractivity contribution >= 4 is 5.91 Å². The van der Waals surface area contributed by atoms with Gasteiger partial charge in [0.1, 0.15) is 5.82 Å². The molecule has 0 unspecified atom stereocenters. The number of hydrogen-bond acceptors (Lipinski definition) is 5. The van der Waals surface area contributed by atoms with E-state index in [1.807, 2.05) is 13.1 Å². The fraction of sp³-hybridized carbons (Fsp3) is 0.571. The molecule has 0 radical (unpaired) electrons. The fourth-order valence-corrected chi connectivity index (χ4v) is 2.98. The molecular formula is C14H21N7O. The average molecular weight is 303 g/mol. The van der Waals surface area contributed by atoms with Gasteiger partial charge in [0.15, 0.2) is 11.6 Å². The van der Waals surface area contributed by atoms with Gasteiger partial charge in [0.25, 0.3) is 0 Å². The van der Waals surface area contributed by atoms with Crippen molar-refractivity contribution in [2.24, 2.45) is 18.5 Å². The van der Waals surface area contributed by atoms with Crippen molar-refractivity contribution in [2.75, 3.05) is 0 Å². The highest BCUT2D eigenvalue weighted by atomic mass is 16.1. The van der Waals surface area contributed by atoms with Crippen LogP contribution in [0.15, 0.2) is 12.3 Å². The normalized spacial score (nSPS) is 21.9. The van der Waals surface area contributed by atoms with E-state index in [1.165, 1.54) is 0 Å². The molecule has 2 aromatic heterocycles. The van der Waals surface area contributed by atoms with E-state index >= 15 is 0 Å². The SMILES string of the molecule is Cn1nccc1-n1nc(CC(N)=O)nc1C1CCC(N)CC1. The first-order valence-corrected chi connectivity index (χ1v) is 7.52. The zero-order valence-electron chi connectivity index (χ0n) is 12.6. The highest BCUT2D eigenvalue weighted by Crippen LogP contribution is 2.32. The summed E-state index contributed by atoms with van der Waals surface area (Å²) in [7, 11) is 1.85. The Morgan fingerprint density at radius 3 is 2.68 bits per heavy atom. The Balaban J connectivity index is 1.97. The minimum absolute atomic E-state index is 0.0457. The molecule has 1 saturated carbocycles. The van der Waals surface area contributed by atoms with E-state index in [0.29, 0.717) is 11.7 Å². The van der Waals surface area contributed by atoms with Crippen LogP contribution in [-0.4, -0.2) is 36.5 Å². The molecule has 1 amide bonds. The summed E-state index contributed by atoms with van der Waals surface area (Å²) < 4.78 is 3.52. The number of amides is 1. The molecule has 0 aromatic carbocycles. The second-order valence-electron chi connectivity index (χ2n) is 5.87. The monoisotopic (exact) mass is 303 g/mol. The van der Waals surface area contributed by atoms with Crippen molar-refractivity contribution in [1.29, 1.82) is 0 Å². The van der Waals surface area contributed by atoms with Gasteiger partial charge < -0.3 is 11.5 Å². The number of aryl methyl sites for hydroxylation is 1. The van der Waals surface area contributed by atoms with Crippen molar-refractivity contribution in [3.8, 4) is 5.82 Å². The maximum atomic E-state index is 11.2. The molecular weight excluding hydrogens is 282 g/mol. The van der Waals surface area contributed by atoms with Gasteiger partial charge in [-0.15, -0.1) is 5.10 Å². The van der Waals surface area contributed by atoms with Gasteiger partial charge in [-0.05, 0) is 25.7 Å². The number of primary amides is 1. The van der Waals surface area contributed by atoms with Crippen molar-refractivity contribution in [2.45, 2.75) is 44.1 Å². The van der Waals surface area contributed by atoms with Gasteiger partial charge in [0, 0.05) is 25.1 Å². The van der Waals surface area contributed by atoms with Crippen molar-refractivity contribution < 1.29 is 4.79 Å². The van der Waals surface area contributed by atoms with Gasteiger partial charge in [0.2, 0.25) is 5.91 Å². The van der Waals surface area contributed by atoms with E-state index in [-0.39, 0.29) is 12.5 Å². The molecule has 1 aliphatic carbocycles. The summed E-state index contributed by atoms with van der Waals surface area (Å²) >= 11 is 0. The molecule has 0 aliphatic heterocycles. The molecule has 2 heterocycles. The Kier molecular flexibility index (Phi) is 3.93. The highest BCUT2D eigenvalue weighted by molar-refractivity contribution is 5.75. The Bertz CT molecular complexity index is 667. The number of nitrogens with zero attached hydrogens (tertiary/aromatic N) is 5. The standard InChI is InChI=1S/C14H21N7O/c1-20-13(6-7-17-20)21-14(9-2-4-10(15)5-3-9)18-12(19-21)8-11(16)22/h6-7,9-10H,2-5,8,15H2,1H3,(H2,16,22). The van der Waals surface area contributed by atoms with Crippen LogP contribution in [0.1, 0.15) is 43.3 Å². The fourth-order valence-electron chi connectivity index (χ4n) is 2.98. The maximum absolute atomic E-state index is 11.2. The second kappa shape index (κ2) is 5.88. The molecule has 0 spiro atoms. The molecule has 22 heavy (non-hydrogen) atoms. The summed E-state index contributed by atoms with van der Waals surface area (Å²) in [6.07, 6.45) is 5.68. The van der Waals surface area contributed by atoms with Crippen LogP contribution < -0.4 is 11.5 Å². The van der Waals surface area contributed by atoms with E-state index in [1.54, 1.807) is 15.6 Å². The first-order valence-electron chi connectivity index (χ1n) is 7.52. The minimum atomic E-state index is -0.431. The van der Waals surface area contributed by atoms with Gasteiger partial charge in [-0.1, -0.05) is 0 Å². The largest absolute Gasteiger partial charge is 0.369 e. The van der Waals surface area contributed by atoms with Crippen molar-refractivity contribution in [1.82, 2.24) is 24.5 Å². The first-order chi connectivity index (χ1) is 10.5. The molecule has 8 nitrogen and oxygen atoms in total. The van der Waals surface area contributed by atoms with Crippen LogP contribution in [0.25, 0.3) is 5.82 Å². The van der Waals surface area contributed by atoms with E-state index in [2.05, 4.69) is 15.2 Å². The zero-order chi connectivity index (χ0) is 15.7.